The molecule has 84 valence electrons. The van der Waals surface area contributed by atoms with E-state index in [1.165, 1.54) is 23.4 Å². The number of nitrogens with zero attached hydrogens (tertiary/aromatic N) is 1. The first kappa shape index (κ1) is 9.70. The lowest BCUT2D eigenvalue weighted by molar-refractivity contribution is 0.414. The first-order chi connectivity index (χ1) is 7.88. The van der Waals surface area contributed by atoms with Crippen molar-refractivity contribution >= 4 is 5.84 Å². The Labute approximate surface area is 95.5 Å². The summed E-state index contributed by atoms with van der Waals surface area (Å²) < 4.78 is 5.29. The largest absolute Gasteiger partial charge is 0.497 e. The Morgan fingerprint density at radius 1 is 1.44 bits per heavy atom. The summed E-state index contributed by atoms with van der Waals surface area (Å²) in [5.74, 6) is 2.59. The standard InChI is InChI=1S/C13H16N2O/c1-16-10-4-2-9-3-5-11(12(9)8-10)13-14-6-7-15-13/h2,4,8,11H,3,5-7H2,1H3,(H,14,15). The van der Waals surface area contributed by atoms with Crippen LogP contribution in [0.3, 0.4) is 0 Å². The van der Waals surface area contributed by atoms with E-state index in [4.69, 9.17) is 4.74 Å². The molecule has 2 aliphatic rings. The van der Waals surface area contributed by atoms with Crippen LogP contribution in [0.4, 0.5) is 0 Å². The van der Waals surface area contributed by atoms with Crippen LogP contribution in [0, 0.1) is 0 Å². The molecule has 3 heteroatoms. The number of nitrogens with one attached hydrogen (secondary N) is 1. The fourth-order valence-electron chi connectivity index (χ4n) is 2.64. The van der Waals surface area contributed by atoms with Crippen molar-refractivity contribution in [2.45, 2.75) is 18.8 Å². The Morgan fingerprint density at radius 2 is 2.38 bits per heavy atom. The molecule has 1 atom stereocenters. The maximum Gasteiger partial charge on any atom is 0.119 e. The highest BCUT2D eigenvalue weighted by Gasteiger charge is 2.28. The zero-order valence-corrected chi connectivity index (χ0v) is 9.49. The predicted octanol–water partition coefficient (Wildman–Crippen LogP) is 1.73. The van der Waals surface area contributed by atoms with Crippen LogP contribution in [-0.4, -0.2) is 26.0 Å². The third kappa shape index (κ3) is 1.47. The van der Waals surface area contributed by atoms with Gasteiger partial charge in [-0.05, 0) is 36.1 Å². The number of methoxy groups -OCH3 is 1. The molecule has 3 rings (SSSR count). The van der Waals surface area contributed by atoms with Crippen LogP contribution in [0.5, 0.6) is 5.75 Å². The zero-order valence-electron chi connectivity index (χ0n) is 9.49. The van der Waals surface area contributed by atoms with E-state index in [9.17, 15) is 0 Å². The topological polar surface area (TPSA) is 33.6 Å². The number of benzene rings is 1. The molecule has 0 amide bonds. The van der Waals surface area contributed by atoms with Crippen LogP contribution in [0.1, 0.15) is 23.5 Å². The lowest BCUT2D eigenvalue weighted by atomic mass is 10.00. The molecule has 0 bridgehead atoms. The minimum atomic E-state index is 0.465. The summed E-state index contributed by atoms with van der Waals surface area (Å²) in [6.07, 6.45) is 2.33. The molecule has 3 nitrogen and oxygen atoms in total. The van der Waals surface area contributed by atoms with Gasteiger partial charge in [0, 0.05) is 12.5 Å². The van der Waals surface area contributed by atoms with Gasteiger partial charge in [-0.1, -0.05) is 6.07 Å². The van der Waals surface area contributed by atoms with Crippen molar-refractivity contribution in [3.8, 4) is 5.75 Å². The van der Waals surface area contributed by atoms with Crippen LogP contribution in [0.25, 0.3) is 0 Å². The lowest BCUT2D eigenvalue weighted by Crippen LogP contribution is -2.24. The monoisotopic (exact) mass is 216 g/mol. The van der Waals surface area contributed by atoms with Gasteiger partial charge in [0.1, 0.15) is 11.6 Å². The first-order valence-corrected chi connectivity index (χ1v) is 5.83. The number of amidine groups is 1. The molecule has 0 saturated carbocycles. The highest BCUT2D eigenvalue weighted by molar-refractivity contribution is 5.91. The van der Waals surface area contributed by atoms with Gasteiger partial charge in [-0.15, -0.1) is 0 Å². The van der Waals surface area contributed by atoms with Crippen molar-refractivity contribution in [2.75, 3.05) is 20.2 Å². The fraction of sp³-hybridized carbons (Fsp3) is 0.462. The summed E-state index contributed by atoms with van der Waals surface area (Å²) in [5.41, 5.74) is 2.84. The molecule has 0 spiro atoms. The zero-order chi connectivity index (χ0) is 11.0. The van der Waals surface area contributed by atoms with Gasteiger partial charge in [-0.3, -0.25) is 4.99 Å². The Kier molecular flexibility index (Phi) is 2.31. The maximum atomic E-state index is 5.29. The number of hydrogen-bond acceptors (Lipinski definition) is 3. The van der Waals surface area contributed by atoms with Crippen LogP contribution in [-0.2, 0) is 6.42 Å². The molecular formula is C13H16N2O. The molecule has 1 aromatic carbocycles. The second kappa shape index (κ2) is 3.81. The molecule has 1 aliphatic carbocycles. The quantitative estimate of drug-likeness (QED) is 0.816. The van der Waals surface area contributed by atoms with Crippen molar-refractivity contribution in [3.05, 3.63) is 29.3 Å². The summed E-state index contributed by atoms with van der Waals surface area (Å²) in [7, 11) is 1.72. The molecule has 0 aromatic heterocycles. The summed E-state index contributed by atoms with van der Waals surface area (Å²) in [6, 6.07) is 6.39. The summed E-state index contributed by atoms with van der Waals surface area (Å²) in [4.78, 5) is 4.54. The van der Waals surface area contributed by atoms with E-state index in [1.807, 2.05) is 6.07 Å². The van der Waals surface area contributed by atoms with Crippen molar-refractivity contribution in [1.29, 1.82) is 0 Å². The normalized spacial score (nSPS) is 22.6. The first-order valence-electron chi connectivity index (χ1n) is 5.83. The van der Waals surface area contributed by atoms with E-state index in [0.717, 1.165) is 25.3 Å². The Morgan fingerprint density at radius 3 is 3.12 bits per heavy atom. The van der Waals surface area contributed by atoms with Crippen LogP contribution in [0.15, 0.2) is 23.2 Å². The molecule has 0 saturated heterocycles. The fourth-order valence-corrected chi connectivity index (χ4v) is 2.64. The van der Waals surface area contributed by atoms with E-state index in [-0.39, 0.29) is 0 Å². The molecule has 1 aromatic rings. The second-order valence-corrected chi connectivity index (χ2v) is 4.35. The van der Waals surface area contributed by atoms with Crippen molar-refractivity contribution in [1.82, 2.24) is 5.32 Å². The van der Waals surface area contributed by atoms with Crippen LogP contribution >= 0.6 is 0 Å². The molecule has 0 radical (unpaired) electrons. The number of aryl methyl sites for hydroxylation is 1. The third-order valence-corrected chi connectivity index (χ3v) is 3.46. The van der Waals surface area contributed by atoms with Gasteiger partial charge in [0.25, 0.3) is 0 Å². The van der Waals surface area contributed by atoms with E-state index in [0.29, 0.717) is 5.92 Å². The van der Waals surface area contributed by atoms with Crippen molar-refractivity contribution < 1.29 is 4.74 Å². The van der Waals surface area contributed by atoms with Gasteiger partial charge in [0.15, 0.2) is 0 Å². The van der Waals surface area contributed by atoms with E-state index < -0.39 is 0 Å². The minimum absolute atomic E-state index is 0.465. The van der Waals surface area contributed by atoms with Crippen molar-refractivity contribution in [2.24, 2.45) is 4.99 Å². The molecule has 16 heavy (non-hydrogen) atoms. The Balaban J connectivity index is 1.97. The molecule has 1 unspecified atom stereocenters. The van der Waals surface area contributed by atoms with Gasteiger partial charge >= 0.3 is 0 Å². The number of fused-ring (bicyclic) bond motifs is 1. The van der Waals surface area contributed by atoms with Crippen LogP contribution < -0.4 is 10.1 Å². The van der Waals surface area contributed by atoms with Gasteiger partial charge in [0.2, 0.25) is 0 Å². The second-order valence-electron chi connectivity index (χ2n) is 4.35. The molecular weight excluding hydrogens is 200 g/mol. The molecule has 1 aliphatic heterocycles. The highest BCUT2D eigenvalue weighted by atomic mass is 16.5. The predicted molar refractivity (Wildman–Crippen MR) is 64.4 cm³/mol. The van der Waals surface area contributed by atoms with E-state index >= 15 is 0 Å². The maximum absolute atomic E-state index is 5.29. The molecule has 1 N–H and O–H groups in total. The number of hydrogen-bond donors (Lipinski definition) is 1. The van der Waals surface area contributed by atoms with Gasteiger partial charge < -0.3 is 10.1 Å². The third-order valence-electron chi connectivity index (χ3n) is 3.46. The minimum Gasteiger partial charge on any atom is -0.497 e. The number of ether oxygens (including phenoxy) is 1. The lowest BCUT2D eigenvalue weighted by Gasteiger charge is -2.13. The van der Waals surface area contributed by atoms with Crippen molar-refractivity contribution in [3.63, 3.8) is 0 Å². The highest BCUT2D eigenvalue weighted by Crippen LogP contribution is 2.36. The van der Waals surface area contributed by atoms with E-state index in [1.54, 1.807) is 7.11 Å². The Bertz CT molecular complexity index is 440. The Hall–Kier alpha value is -1.51. The average molecular weight is 216 g/mol. The van der Waals surface area contributed by atoms with Gasteiger partial charge in [0.05, 0.1) is 13.7 Å². The summed E-state index contributed by atoms with van der Waals surface area (Å²) in [5, 5.41) is 3.39. The van der Waals surface area contributed by atoms with Crippen LogP contribution in [0.2, 0.25) is 0 Å². The van der Waals surface area contributed by atoms with E-state index in [2.05, 4.69) is 22.4 Å². The average Bonchev–Trinajstić information content (AvgIpc) is 2.96. The number of rotatable bonds is 2. The molecule has 0 fully saturated rings. The van der Waals surface area contributed by atoms with Gasteiger partial charge in [-0.25, -0.2) is 0 Å². The smallest absolute Gasteiger partial charge is 0.119 e. The van der Waals surface area contributed by atoms with Gasteiger partial charge in [-0.2, -0.15) is 0 Å². The SMILES string of the molecule is COc1ccc2c(c1)C(C1=NCCN1)CC2. The summed E-state index contributed by atoms with van der Waals surface area (Å²) >= 11 is 0. The number of aliphatic imine (C=N–C) groups is 1. The molecule has 1 heterocycles. The summed E-state index contributed by atoms with van der Waals surface area (Å²) in [6.45, 7) is 1.91.